The summed E-state index contributed by atoms with van der Waals surface area (Å²) >= 11 is 0. The van der Waals surface area contributed by atoms with Crippen LogP contribution in [0.4, 0.5) is 0 Å². The third-order valence-electron chi connectivity index (χ3n) is 3.42. The van der Waals surface area contributed by atoms with Crippen LogP contribution >= 0.6 is 0 Å². The third kappa shape index (κ3) is 3.70. The van der Waals surface area contributed by atoms with Crippen LogP contribution in [0.2, 0.25) is 0 Å². The number of amides is 1. The van der Waals surface area contributed by atoms with Gasteiger partial charge in [-0.15, -0.1) is 5.10 Å². The molecule has 3 aromatic rings. The highest BCUT2D eigenvalue weighted by Crippen LogP contribution is 2.23. The lowest BCUT2D eigenvalue weighted by atomic mass is 10.1. The predicted molar refractivity (Wildman–Crippen MR) is 88.0 cm³/mol. The van der Waals surface area contributed by atoms with Crippen molar-refractivity contribution in [2.75, 3.05) is 0 Å². The number of aromatic nitrogens is 3. The molecule has 1 unspecified atom stereocenters. The number of nitrogens with zero attached hydrogens (tertiary/aromatic N) is 1. The Kier molecular flexibility index (Phi) is 4.42. The van der Waals surface area contributed by atoms with E-state index in [4.69, 9.17) is 4.74 Å². The molecule has 122 valence electrons. The van der Waals surface area contributed by atoms with Crippen LogP contribution in [0.25, 0.3) is 0 Å². The molecule has 0 aliphatic rings. The van der Waals surface area contributed by atoms with E-state index in [1.807, 2.05) is 61.5 Å². The number of H-pyrrole nitrogens is 2. The molecule has 0 spiro atoms. The molecule has 7 heteroatoms. The van der Waals surface area contributed by atoms with Gasteiger partial charge in [0.15, 0.2) is 0 Å². The zero-order chi connectivity index (χ0) is 16.9. The van der Waals surface area contributed by atoms with Crippen LogP contribution in [-0.2, 0) is 0 Å². The van der Waals surface area contributed by atoms with E-state index in [1.54, 1.807) is 0 Å². The molecule has 0 aliphatic heterocycles. The van der Waals surface area contributed by atoms with Crippen molar-refractivity contribution in [3.05, 3.63) is 76.5 Å². The van der Waals surface area contributed by atoms with Gasteiger partial charge in [0.2, 0.25) is 5.82 Å². The molecule has 1 aromatic heterocycles. The van der Waals surface area contributed by atoms with E-state index in [0.29, 0.717) is 5.75 Å². The van der Waals surface area contributed by atoms with Crippen molar-refractivity contribution in [2.45, 2.75) is 13.0 Å². The molecule has 3 N–H and O–H groups in total. The molecule has 0 bridgehead atoms. The molecule has 0 fully saturated rings. The SMILES string of the molecule is CC(NC(=O)c1n[nH]c(=O)[nH]1)c1ccc(Oc2ccccc2)cc1. The minimum atomic E-state index is -0.518. The molecule has 0 saturated heterocycles. The fourth-order valence-electron chi connectivity index (χ4n) is 2.18. The van der Waals surface area contributed by atoms with Gasteiger partial charge >= 0.3 is 5.69 Å². The number of hydrogen-bond acceptors (Lipinski definition) is 4. The summed E-state index contributed by atoms with van der Waals surface area (Å²) in [5.74, 6) is 0.968. The number of benzene rings is 2. The Morgan fingerprint density at radius 1 is 1.08 bits per heavy atom. The first-order valence-corrected chi connectivity index (χ1v) is 7.40. The van der Waals surface area contributed by atoms with E-state index in [1.165, 1.54) is 0 Å². The minimum Gasteiger partial charge on any atom is -0.457 e. The zero-order valence-electron chi connectivity index (χ0n) is 12.9. The summed E-state index contributed by atoms with van der Waals surface area (Å²) in [5.41, 5.74) is 0.386. The van der Waals surface area contributed by atoms with Gasteiger partial charge in [-0.25, -0.2) is 9.89 Å². The van der Waals surface area contributed by atoms with Gasteiger partial charge in [0.1, 0.15) is 11.5 Å². The van der Waals surface area contributed by atoms with Gasteiger partial charge < -0.3 is 10.1 Å². The number of para-hydroxylation sites is 1. The van der Waals surface area contributed by atoms with Crippen molar-refractivity contribution in [1.29, 1.82) is 0 Å². The zero-order valence-corrected chi connectivity index (χ0v) is 12.9. The van der Waals surface area contributed by atoms with Gasteiger partial charge in [-0.05, 0) is 36.8 Å². The first-order chi connectivity index (χ1) is 11.6. The average Bonchev–Trinajstić information content (AvgIpc) is 3.03. The van der Waals surface area contributed by atoms with E-state index in [2.05, 4.69) is 20.5 Å². The minimum absolute atomic E-state index is 0.0455. The van der Waals surface area contributed by atoms with Crippen LogP contribution in [0.5, 0.6) is 11.5 Å². The molecular formula is C17H16N4O3. The second kappa shape index (κ2) is 6.82. The first kappa shape index (κ1) is 15.5. The van der Waals surface area contributed by atoms with Crippen LogP contribution in [0.1, 0.15) is 29.1 Å². The van der Waals surface area contributed by atoms with Crippen LogP contribution in [-0.4, -0.2) is 21.1 Å². The number of ether oxygens (including phenoxy) is 1. The normalized spacial score (nSPS) is 11.7. The van der Waals surface area contributed by atoms with E-state index in [-0.39, 0.29) is 11.9 Å². The molecule has 24 heavy (non-hydrogen) atoms. The van der Waals surface area contributed by atoms with Gasteiger partial charge in [-0.3, -0.25) is 9.78 Å². The molecule has 2 aromatic carbocycles. The standard InChI is InChI=1S/C17H16N4O3/c1-11(18-16(22)15-19-17(23)21-20-15)12-7-9-14(10-8-12)24-13-5-3-2-4-6-13/h2-11H,1H3,(H,18,22)(H2,19,20,21,23). The summed E-state index contributed by atoms with van der Waals surface area (Å²) in [6, 6.07) is 16.6. The van der Waals surface area contributed by atoms with Gasteiger partial charge in [-0.2, -0.15) is 0 Å². The maximum atomic E-state index is 12.0. The van der Waals surface area contributed by atoms with Crippen molar-refractivity contribution in [1.82, 2.24) is 20.5 Å². The lowest BCUT2D eigenvalue weighted by Gasteiger charge is -2.14. The Morgan fingerprint density at radius 2 is 1.75 bits per heavy atom. The number of carbonyl (C=O) groups excluding carboxylic acids is 1. The topological polar surface area (TPSA) is 99.9 Å². The van der Waals surface area contributed by atoms with E-state index in [9.17, 15) is 9.59 Å². The molecular weight excluding hydrogens is 308 g/mol. The number of hydrogen-bond donors (Lipinski definition) is 3. The van der Waals surface area contributed by atoms with Crippen LogP contribution in [0.15, 0.2) is 59.4 Å². The lowest BCUT2D eigenvalue weighted by molar-refractivity contribution is 0.0929. The van der Waals surface area contributed by atoms with E-state index >= 15 is 0 Å². The molecule has 0 aliphatic carbocycles. The average molecular weight is 324 g/mol. The Morgan fingerprint density at radius 3 is 2.38 bits per heavy atom. The quantitative estimate of drug-likeness (QED) is 0.671. The van der Waals surface area contributed by atoms with Crippen molar-refractivity contribution in [2.24, 2.45) is 0 Å². The Bertz CT molecular complexity index is 869. The summed E-state index contributed by atoms with van der Waals surface area (Å²) in [6.07, 6.45) is 0. The first-order valence-electron chi connectivity index (χ1n) is 7.40. The monoisotopic (exact) mass is 324 g/mol. The van der Waals surface area contributed by atoms with Crippen LogP contribution in [0, 0.1) is 0 Å². The molecule has 1 heterocycles. The van der Waals surface area contributed by atoms with E-state index in [0.717, 1.165) is 11.3 Å². The number of aromatic amines is 2. The van der Waals surface area contributed by atoms with Crippen LogP contribution in [0.3, 0.4) is 0 Å². The fraction of sp³-hybridized carbons (Fsp3) is 0.118. The van der Waals surface area contributed by atoms with Crippen molar-refractivity contribution in [3.8, 4) is 11.5 Å². The Hall–Kier alpha value is -3.35. The highest BCUT2D eigenvalue weighted by Gasteiger charge is 2.14. The summed E-state index contributed by atoms with van der Waals surface area (Å²) in [4.78, 5) is 25.2. The van der Waals surface area contributed by atoms with Gasteiger partial charge in [0.25, 0.3) is 5.91 Å². The second-order valence-electron chi connectivity index (χ2n) is 5.21. The summed E-state index contributed by atoms with van der Waals surface area (Å²) in [5, 5.41) is 8.52. The molecule has 1 atom stereocenters. The van der Waals surface area contributed by atoms with Gasteiger partial charge in [0, 0.05) is 0 Å². The second-order valence-corrected chi connectivity index (χ2v) is 5.21. The smallest absolute Gasteiger partial charge is 0.341 e. The summed E-state index contributed by atoms with van der Waals surface area (Å²) in [6.45, 7) is 1.84. The predicted octanol–water partition coefficient (Wildman–Crippen LogP) is 2.38. The van der Waals surface area contributed by atoms with Gasteiger partial charge in [0.05, 0.1) is 6.04 Å². The van der Waals surface area contributed by atoms with Crippen molar-refractivity contribution >= 4 is 5.91 Å². The molecule has 0 saturated carbocycles. The maximum Gasteiger partial charge on any atom is 0.341 e. The third-order valence-corrected chi connectivity index (χ3v) is 3.42. The molecule has 1 amide bonds. The van der Waals surface area contributed by atoms with Gasteiger partial charge in [-0.1, -0.05) is 30.3 Å². The highest BCUT2D eigenvalue weighted by atomic mass is 16.5. The number of rotatable bonds is 5. The van der Waals surface area contributed by atoms with Crippen LogP contribution < -0.4 is 15.7 Å². The number of carbonyl (C=O) groups is 1. The molecule has 7 nitrogen and oxygen atoms in total. The summed E-state index contributed by atoms with van der Waals surface area (Å²) < 4.78 is 5.73. The highest BCUT2D eigenvalue weighted by molar-refractivity contribution is 5.90. The summed E-state index contributed by atoms with van der Waals surface area (Å²) in [7, 11) is 0. The Balaban J connectivity index is 1.64. The lowest BCUT2D eigenvalue weighted by Crippen LogP contribution is -2.27. The maximum absolute atomic E-state index is 12.0. The van der Waals surface area contributed by atoms with E-state index < -0.39 is 11.6 Å². The van der Waals surface area contributed by atoms with Crippen molar-refractivity contribution in [3.63, 3.8) is 0 Å². The molecule has 3 rings (SSSR count). The Labute approximate surface area is 137 Å². The molecule has 0 radical (unpaired) electrons. The fourth-order valence-corrected chi connectivity index (χ4v) is 2.18. The number of nitrogens with one attached hydrogen (secondary N) is 3. The largest absolute Gasteiger partial charge is 0.457 e. The van der Waals surface area contributed by atoms with Crippen molar-refractivity contribution < 1.29 is 9.53 Å².